The molecule has 1 heterocycles. The van der Waals surface area contributed by atoms with Crippen LogP contribution in [0.3, 0.4) is 0 Å². The molecule has 0 bridgehead atoms. The van der Waals surface area contributed by atoms with E-state index in [0.717, 1.165) is 13.0 Å². The third kappa shape index (κ3) is 3.74. The minimum atomic E-state index is 0.560. The standard InChI is InChI=1S/C17H28N2O/c1-13-12-19(3)14(2)11-17(13)18-16-8-6-5-7-15(16)9-10-20-4/h5-8,13-14,17-18H,9-12H2,1-4H3. The van der Waals surface area contributed by atoms with E-state index >= 15 is 0 Å². The molecule has 0 spiro atoms. The van der Waals surface area contributed by atoms with Crippen LogP contribution < -0.4 is 5.32 Å². The van der Waals surface area contributed by atoms with Gasteiger partial charge in [-0.3, -0.25) is 0 Å². The smallest absolute Gasteiger partial charge is 0.0503 e. The molecule has 0 amide bonds. The fraction of sp³-hybridized carbons (Fsp3) is 0.647. The largest absolute Gasteiger partial charge is 0.384 e. The van der Waals surface area contributed by atoms with Gasteiger partial charge in [0.05, 0.1) is 6.61 Å². The summed E-state index contributed by atoms with van der Waals surface area (Å²) in [5, 5.41) is 3.78. The summed E-state index contributed by atoms with van der Waals surface area (Å²) >= 11 is 0. The first-order chi connectivity index (χ1) is 9.61. The molecule has 0 saturated carbocycles. The summed E-state index contributed by atoms with van der Waals surface area (Å²) in [6.07, 6.45) is 2.17. The van der Waals surface area contributed by atoms with E-state index in [1.807, 2.05) is 0 Å². The molecule has 3 atom stereocenters. The van der Waals surface area contributed by atoms with E-state index in [2.05, 4.69) is 55.4 Å². The van der Waals surface area contributed by atoms with Crippen molar-refractivity contribution in [2.45, 2.75) is 38.8 Å². The number of ether oxygens (including phenoxy) is 1. The summed E-state index contributed by atoms with van der Waals surface area (Å²) in [5.41, 5.74) is 2.63. The Morgan fingerprint density at radius 1 is 1.30 bits per heavy atom. The Bertz CT molecular complexity index is 421. The number of methoxy groups -OCH3 is 1. The van der Waals surface area contributed by atoms with Crippen LogP contribution in [0.15, 0.2) is 24.3 Å². The first-order valence-corrected chi connectivity index (χ1v) is 7.65. The van der Waals surface area contributed by atoms with Crippen molar-refractivity contribution in [1.29, 1.82) is 0 Å². The van der Waals surface area contributed by atoms with E-state index in [1.165, 1.54) is 24.2 Å². The molecule has 1 saturated heterocycles. The topological polar surface area (TPSA) is 24.5 Å². The number of hydrogen-bond acceptors (Lipinski definition) is 3. The second-order valence-electron chi connectivity index (χ2n) is 6.15. The number of likely N-dealkylation sites (tertiary alicyclic amines) is 1. The Morgan fingerprint density at radius 2 is 2.05 bits per heavy atom. The lowest BCUT2D eigenvalue weighted by molar-refractivity contribution is 0.145. The number of nitrogens with one attached hydrogen (secondary N) is 1. The summed E-state index contributed by atoms with van der Waals surface area (Å²) in [4.78, 5) is 2.46. The summed E-state index contributed by atoms with van der Waals surface area (Å²) < 4.78 is 5.21. The number of rotatable bonds is 5. The van der Waals surface area contributed by atoms with Crippen molar-refractivity contribution < 1.29 is 4.74 Å². The third-order valence-electron chi connectivity index (χ3n) is 4.54. The van der Waals surface area contributed by atoms with E-state index in [4.69, 9.17) is 4.74 Å². The van der Waals surface area contributed by atoms with E-state index in [9.17, 15) is 0 Å². The van der Waals surface area contributed by atoms with Crippen LogP contribution >= 0.6 is 0 Å². The SMILES string of the molecule is COCCc1ccccc1NC1CC(C)N(C)CC1C. The highest BCUT2D eigenvalue weighted by molar-refractivity contribution is 5.52. The van der Waals surface area contributed by atoms with Gasteiger partial charge in [-0.2, -0.15) is 0 Å². The predicted molar refractivity (Wildman–Crippen MR) is 85.3 cm³/mol. The third-order valence-corrected chi connectivity index (χ3v) is 4.54. The van der Waals surface area contributed by atoms with Crippen LogP contribution in [0.5, 0.6) is 0 Å². The molecule has 0 aliphatic carbocycles. The molecular formula is C17H28N2O. The zero-order valence-electron chi connectivity index (χ0n) is 13.2. The molecule has 1 aromatic carbocycles. The zero-order valence-corrected chi connectivity index (χ0v) is 13.2. The number of hydrogen-bond donors (Lipinski definition) is 1. The maximum absolute atomic E-state index is 5.21. The zero-order chi connectivity index (χ0) is 14.5. The van der Waals surface area contributed by atoms with Gasteiger partial charge < -0.3 is 15.0 Å². The van der Waals surface area contributed by atoms with Gasteiger partial charge in [0.25, 0.3) is 0 Å². The quantitative estimate of drug-likeness (QED) is 0.894. The molecule has 1 aliphatic rings. The van der Waals surface area contributed by atoms with Gasteiger partial charge in [-0.25, -0.2) is 0 Å². The van der Waals surface area contributed by atoms with Crippen LogP contribution in [0.4, 0.5) is 5.69 Å². The van der Waals surface area contributed by atoms with Crippen molar-refractivity contribution in [3.63, 3.8) is 0 Å². The van der Waals surface area contributed by atoms with Gasteiger partial charge in [0.15, 0.2) is 0 Å². The molecular weight excluding hydrogens is 248 g/mol. The summed E-state index contributed by atoms with van der Waals surface area (Å²) in [7, 11) is 3.99. The van der Waals surface area contributed by atoms with E-state index in [-0.39, 0.29) is 0 Å². The highest BCUT2D eigenvalue weighted by atomic mass is 16.5. The van der Waals surface area contributed by atoms with Gasteiger partial charge in [-0.05, 0) is 44.4 Å². The molecule has 1 aromatic rings. The van der Waals surface area contributed by atoms with Crippen molar-refractivity contribution in [3.05, 3.63) is 29.8 Å². The second kappa shape index (κ2) is 7.09. The molecule has 3 nitrogen and oxygen atoms in total. The molecule has 3 heteroatoms. The van der Waals surface area contributed by atoms with Gasteiger partial charge in [-0.1, -0.05) is 25.1 Å². The number of piperidine rings is 1. The molecule has 1 N–H and O–H groups in total. The average Bonchev–Trinajstić information content (AvgIpc) is 2.44. The van der Waals surface area contributed by atoms with Gasteiger partial charge in [0, 0.05) is 31.4 Å². The van der Waals surface area contributed by atoms with Crippen molar-refractivity contribution in [1.82, 2.24) is 4.90 Å². The number of anilines is 1. The molecule has 0 radical (unpaired) electrons. The van der Waals surface area contributed by atoms with Crippen LogP contribution in [-0.2, 0) is 11.2 Å². The van der Waals surface area contributed by atoms with E-state index < -0.39 is 0 Å². The average molecular weight is 276 g/mol. The minimum absolute atomic E-state index is 0.560. The summed E-state index contributed by atoms with van der Waals surface area (Å²) in [6, 6.07) is 9.82. The van der Waals surface area contributed by atoms with E-state index in [1.54, 1.807) is 7.11 Å². The van der Waals surface area contributed by atoms with Crippen LogP contribution in [0, 0.1) is 5.92 Å². The van der Waals surface area contributed by atoms with Crippen molar-refractivity contribution in [3.8, 4) is 0 Å². The van der Waals surface area contributed by atoms with Gasteiger partial charge in [0.1, 0.15) is 0 Å². The highest BCUT2D eigenvalue weighted by Gasteiger charge is 2.28. The van der Waals surface area contributed by atoms with Gasteiger partial charge >= 0.3 is 0 Å². The van der Waals surface area contributed by atoms with Crippen molar-refractivity contribution in [2.24, 2.45) is 5.92 Å². The molecule has 3 unspecified atom stereocenters. The monoisotopic (exact) mass is 276 g/mol. The molecule has 2 rings (SSSR count). The lowest BCUT2D eigenvalue weighted by atomic mass is 9.89. The summed E-state index contributed by atoms with van der Waals surface area (Å²) in [5.74, 6) is 0.673. The van der Waals surface area contributed by atoms with Crippen molar-refractivity contribution >= 4 is 5.69 Å². The maximum Gasteiger partial charge on any atom is 0.0503 e. The fourth-order valence-electron chi connectivity index (χ4n) is 3.03. The number of para-hydroxylation sites is 1. The van der Waals surface area contributed by atoms with Gasteiger partial charge in [-0.15, -0.1) is 0 Å². The molecule has 0 aromatic heterocycles. The number of nitrogens with zero attached hydrogens (tertiary/aromatic N) is 1. The molecule has 1 fully saturated rings. The Morgan fingerprint density at radius 3 is 2.80 bits per heavy atom. The highest BCUT2D eigenvalue weighted by Crippen LogP contribution is 2.26. The van der Waals surface area contributed by atoms with Crippen LogP contribution in [-0.4, -0.2) is 44.3 Å². The Balaban J connectivity index is 2.05. The molecule has 1 aliphatic heterocycles. The fourth-order valence-corrected chi connectivity index (χ4v) is 3.03. The van der Waals surface area contributed by atoms with Crippen molar-refractivity contribution in [2.75, 3.05) is 32.6 Å². The van der Waals surface area contributed by atoms with Crippen LogP contribution in [0.1, 0.15) is 25.8 Å². The first kappa shape index (κ1) is 15.3. The Hall–Kier alpha value is -1.06. The minimum Gasteiger partial charge on any atom is -0.384 e. The van der Waals surface area contributed by atoms with Gasteiger partial charge in [0.2, 0.25) is 0 Å². The molecule has 20 heavy (non-hydrogen) atoms. The number of benzene rings is 1. The normalized spacial score (nSPS) is 27.5. The predicted octanol–water partition coefficient (Wildman–Crippen LogP) is 3.02. The molecule has 112 valence electrons. The van der Waals surface area contributed by atoms with Crippen LogP contribution in [0.25, 0.3) is 0 Å². The summed E-state index contributed by atoms with van der Waals surface area (Å²) in [6.45, 7) is 6.60. The Kier molecular flexibility index (Phi) is 5.44. The first-order valence-electron chi connectivity index (χ1n) is 7.65. The van der Waals surface area contributed by atoms with E-state index in [0.29, 0.717) is 18.0 Å². The Labute approximate surface area is 123 Å². The van der Waals surface area contributed by atoms with Crippen LogP contribution in [0.2, 0.25) is 0 Å². The second-order valence-corrected chi connectivity index (χ2v) is 6.15. The maximum atomic E-state index is 5.21. The lowest BCUT2D eigenvalue weighted by Crippen LogP contribution is -2.48. The lowest BCUT2D eigenvalue weighted by Gasteiger charge is -2.40.